The summed E-state index contributed by atoms with van der Waals surface area (Å²) in [7, 11) is -0.654. The molecule has 1 fully saturated rings. The van der Waals surface area contributed by atoms with E-state index in [0.717, 1.165) is 0 Å². The van der Waals surface area contributed by atoms with Gasteiger partial charge in [0.05, 0.1) is 15.9 Å². The van der Waals surface area contributed by atoms with E-state index in [1.54, 1.807) is 7.11 Å². The minimum absolute atomic E-state index is 0.0578. The van der Waals surface area contributed by atoms with Crippen LogP contribution >= 0.6 is 10.7 Å². The summed E-state index contributed by atoms with van der Waals surface area (Å²) in [6, 6.07) is 4.90. The Labute approximate surface area is 129 Å². The molecule has 21 heavy (non-hydrogen) atoms. The van der Waals surface area contributed by atoms with Crippen LogP contribution in [0.15, 0.2) is 34.1 Å². The second-order valence-electron chi connectivity index (χ2n) is 4.75. The molecule has 0 amide bonds. The summed E-state index contributed by atoms with van der Waals surface area (Å²) in [5.41, 5.74) is 0. The van der Waals surface area contributed by atoms with Crippen LogP contribution in [0.1, 0.15) is 12.8 Å². The van der Waals surface area contributed by atoms with E-state index < -0.39 is 19.1 Å². The number of rotatable bonds is 4. The number of methoxy groups -OCH3 is 1. The van der Waals surface area contributed by atoms with Gasteiger partial charge >= 0.3 is 0 Å². The van der Waals surface area contributed by atoms with E-state index in [4.69, 9.17) is 15.4 Å². The van der Waals surface area contributed by atoms with Crippen molar-refractivity contribution in [2.24, 2.45) is 0 Å². The second kappa shape index (κ2) is 6.21. The predicted molar refractivity (Wildman–Crippen MR) is 78.3 cm³/mol. The molecule has 1 aliphatic rings. The van der Waals surface area contributed by atoms with E-state index in [1.165, 1.54) is 28.6 Å². The van der Waals surface area contributed by atoms with Gasteiger partial charge in [-0.15, -0.1) is 0 Å². The van der Waals surface area contributed by atoms with Gasteiger partial charge in [-0.3, -0.25) is 0 Å². The lowest BCUT2D eigenvalue weighted by Gasteiger charge is -2.30. The molecular weight excluding hydrogens is 338 g/mol. The van der Waals surface area contributed by atoms with Gasteiger partial charge in [0.2, 0.25) is 10.0 Å². The zero-order valence-electron chi connectivity index (χ0n) is 11.4. The van der Waals surface area contributed by atoms with Crippen molar-refractivity contribution in [1.82, 2.24) is 4.31 Å². The minimum Gasteiger partial charge on any atom is -0.381 e. The van der Waals surface area contributed by atoms with Crippen molar-refractivity contribution in [3.8, 4) is 0 Å². The van der Waals surface area contributed by atoms with Crippen LogP contribution < -0.4 is 0 Å². The maximum Gasteiger partial charge on any atom is 0.261 e. The Bertz CT molecular complexity index is 692. The van der Waals surface area contributed by atoms with Gasteiger partial charge in [0.1, 0.15) is 0 Å². The molecule has 2 rings (SSSR count). The van der Waals surface area contributed by atoms with E-state index in [9.17, 15) is 16.8 Å². The average Bonchev–Trinajstić information content (AvgIpc) is 2.46. The number of halogens is 1. The molecule has 9 heteroatoms. The number of piperidine rings is 1. The molecule has 0 saturated carbocycles. The molecule has 1 aromatic rings. The standard InChI is InChI=1S/C12H16ClNO5S2/c1-19-10-6-8-14(9-7-10)21(17,18)12-4-2-11(3-5-12)20(13,15)16/h2-5,10H,6-9H2,1H3. The molecule has 0 spiro atoms. The number of sulfonamides is 1. The Morgan fingerprint density at radius 2 is 1.52 bits per heavy atom. The number of ether oxygens (including phenoxy) is 1. The highest BCUT2D eigenvalue weighted by Crippen LogP contribution is 2.23. The summed E-state index contributed by atoms with van der Waals surface area (Å²) in [4.78, 5) is -0.0661. The number of nitrogens with zero attached hydrogens (tertiary/aromatic N) is 1. The molecule has 0 aliphatic carbocycles. The molecule has 1 heterocycles. The van der Waals surface area contributed by atoms with Crippen molar-refractivity contribution in [2.45, 2.75) is 28.7 Å². The molecule has 0 atom stereocenters. The molecule has 0 N–H and O–H groups in total. The monoisotopic (exact) mass is 353 g/mol. The lowest BCUT2D eigenvalue weighted by Crippen LogP contribution is -2.40. The zero-order chi connectivity index (χ0) is 15.7. The molecule has 0 radical (unpaired) electrons. The Balaban J connectivity index is 2.21. The highest BCUT2D eigenvalue weighted by Gasteiger charge is 2.29. The first-order valence-corrected chi connectivity index (χ1v) is 10.1. The van der Waals surface area contributed by atoms with Crippen LogP contribution in [0, 0.1) is 0 Å². The fraction of sp³-hybridized carbons (Fsp3) is 0.500. The highest BCUT2D eigenvalue weighted by atomic mass is 35.7. The first kappa shape index (κ1) is 16.7. The van der Waals surface area contributed by atoms with Gasteiger partial charge < -0.3 is 4.74 Å². The molecule has 0 bridgehead atoms. The first-order chi connectivity index (χ1) is 9.75. The van der Waals surface area contributed by atoms with E-state index in [2.05, 4.69) is 0 Å². The van der Waals surface area contributed by atoms with Crippen molar-refractivity contribution in [2.75, 3.05) is 20.2 Å². The topological polar surface area (TPSA) is 80.8 Å². The SMILES string of the molecule is COC1CCN(S(=O)(=O)c2ccc(S(=O)(=O)Cl)cc2)CC1. The van der Waals surface area contributed by atoms with Gasteiger partial charge in [-0.25, -0.2) is 16.8 Å². The van der Waals surface area contributed by atoms with E-state index in [-0.39, 0.29) is 15.9 Å². The molecule has 0 aromatic heterocycles. The lowest BCUT2D eigenvalue weighted by molar-refractivity contribution is 0.0604. The van der Waals surface area contributed by atoms with Crippen LogP contribution in [-0.2, 0) is 23.8 Å². The summed E-state index contributed by atoms with van der Waals surface area (Å²) in [5.74, 6) is 0. The maximum absolute atomic E-state index is 12.4. The predicted octanol–water partition coefficient (Wildman–Crippen LogP) is 1.41. The Hall–Kier alpha value is -0.670. The minimum atomic E-state index is -3.85. The van der Waals surface area contributed by atoms with E-state index in [0.29, 0.717) is 25.9 Å². The second-order valence-corrected chi connectivity index (χ2v) is 9.25. The van der Waals surface area contributed by atoms with Gasteiger partial charge in [0.25, 0.3) is 9.05 Å². The van der Waals surface area contributed by atoms with Crippen molar-refractivity contribution in [1.29, 1.82) is 0 Å². The van der Waals surface area contributed by atoms with Gasteiger partial charge in [0.15, 0.2) is 0 Å². The Morgan fingerprint density at radius 1 is 1.05 bits per heavy atom. The molecule has 1 aliphatic heterocycles. The van der Waals surface area contributed by atoms with Gasteiger partial charge in [-0.2, -0.15) is 4.31 Å². The van der Waals surface area contributed by atoms with Gasteiger partial charge in [-0.1, -0.05) is 0 Å². The van der Waals surface area contributed by atoms with Crippen LogP contribution in [-0.4, -0.2) is 47.4 Å². The normalized spacial score (nSPS) is 18.8. The number of hydrogen-bond acceptors (Lipinski definition) is 5. The molecule has 0 unspecified atom stereocenters. The molecule has 118 valence electrons. The zero-order valence-corrected chi connectivity index (χ0v) is 13.8. The Morgan fingerprint density at radius 3 is 1.95 bits per heavy atom. The summed E-state index contributed by atoms with van der Waals surface area (Å²) in [5, 5.41) is 0. The van der Waals surface area contributed by atoms with Crippen molar-refractivity contribution in [3.63, 3.8) is 0 Å². The number of benzene rings is 1. The van der Waals surface area contributed by atoms with Crippen LogP contribution in [0.2, 0.25) is 0 Å². The van der Waals surface area contributed by atoms with Crippen LogP contribution in [0.4, 0.5) is 0 Å². The highest BCUT2D eigenvalue weighted by molar-refractivity contribution is 8.13. The van der Waals surface area contributed by atoms with Gasteiger partial charge in [-0.05, 0) is 37.1 Å². The van der Waals surface area contributed by atoms with Crippen molar-refractivity contribution < 1.29 is 21.6 Å². The van der Waals surface area contributed by atoms with E-state index in [1.807, 2.05) is 0 Å². The molecule has 6 nitrogen and oxygen atoms in total. The fourth-order valence-electron chi connectivity index (χ4n) is 2.23. The Kier molecular flexibility index (Phi) is 4.94. The third-order valence-corrected chi connectivity index (χ3v) is 6.76. The van der Waals surface area contributed by atoms with Crippen molar-refractivity contribution >= 4 is 29.8 Å². The van der Waals surface area contributed by atoms with Crippen LogP contribution in [0.3, 0.4) is 0 Å². The lowest BCUT2D eigenvalue weighted by atomic mass is 10.1. The van der Waals surface area contributed by atoms with E-state index >= 15 is 0 Å². The third-order valence-electron chi connectivity index (χ3n) is 3.48. The fourth-order valence-corrected chi connectivity index (χ4v) is 4.47. The van der Waals surface area contributed by atoms with Crippen molar-refractivity contribution in [3.05, 3.63) is 24.3 Å². The van der Waals surface area contributed by atoms with Gasteiger partial charge in [0, 0.05) is 30.9 Å². The quantitative estimate of drug-likeness (QED) is 0.764. The molecule has 1 aromatic carbocycles. The third kappa shape index (κ3) is 3.75. The summed E-state index contributed by atoms with van der Waals surface area (Å²) < 4.78 is 53.8. The summed E-state index contributed by atoms with van der Waals surface area (Å²) in [6.45, 7) is 0.771. The smallest absolute Gasteiger partial charge is 0.261 e. The number of hydrogen-bond donors (Lipinski definition) is 0. The maximum atomic E-state index is 12.4. The first-order valence-electron chi connectivity index (χ1n) is 6.33. The van der Waals surface area contributed by atoms with Crippen LogP contribution in [0.5, 0.6) is 0 Å². The average molecular weight is 354 g/mol. The molecular formula is C12H16ClNO5S2. The summed E-state index contributed by atoms with van der Waals surface area (Å²) >= 11 is 0. The van der Waals surface area contributed by atoms with Crippen LogP contribution in [0.25, 0.3) is 0 Å². The molecule has 1 saturated heterocycles. The summed E-state index contributed by atoms with van der Waals surface area (Å²) in [6.07, 6.45) is 1.37. The largest absolute Gasteiger partial charge is 0.381 e.